The molecule has 0 saturated carbocycles. The van der Waals surface area contributed by atoms with E-state index >= 15 is 0 Å². The van der Waals surface area contributed by atoms with Crippen LogP contribution in [0.25, 0.3) is 22.3 Å². The third-order valence-corrected chi connectivity index (χ3v) is 7.29. The number of rotatable bonds is 8. The van der Waals surface area contributed by atoms with Crippen molar-refractivity contribution in [3.05, 3.63) is 40.6 Å². The highest BCUT2D eigenvalue weighted by molar-refractivity contribution is 5.88. The van der Waals surface area contributed by atoms with E-state index in [-0.39, 0.29) is 16.9 Å². The van der Waals surface area contributed by atoms with Crippen molar-refractivity contribution in [1.29, 1.82) is 0 Å². The van der Waals surface area contributed by atoms with Gasteiger partial charge in [-0.3, -0.25) is 4.79 Å². The first-order chi connectivity index (χ1) is 20.9. The fraction of sp³-hybridized carbons (Fsp3) is 0.444. The van der Waals surface area contributed by atoms with E-state index in [9.17, 15) is 61.0 Å². The van der Waals surface area contributed by atoms with Gasteiger partial charge >= 0.3 is 0 Å². The van der Waals surface area contributed by atoms with Crippen LogP contribution >= 0.6 is 0 Å². The average molecular weight is 627 g/mol. The van der Waals surface area contributed by atoms with Gasteiger partial charge in [0, 0.05) is 17.7 Å². The lowest BCUT2D eigenvalue weighted by molar-refractivity contribution is -0.277. The molecule has 0 radical (unpaired) electrons. The largest absolute Gasteiger partial charge is 0.508 e. The maximum atomic E-state index is 13.6. The molecule has 2 fully saturated rings. The Labute approximate surface area is 246 Å². The molecule has 0 amide bonds. The van der Waals surface area contributed by atoms with Gasteiger partial charge in [-0.1, -0.05) is 0 Å². The molecule has 17 nitrogen and oxygen atoms in total. The highest BCUT2D eigenvalue weighted by atomic mass is 16.7. The fourth-order valence-corrected chi connectivity index (χ4v) is 4.92. The van der Waals surface area contributed by atoms with Gasteiger partial charge < -0.3 is 79.5 Å². The normalized spacial score (nSPS) is 31.2. The van der Waals surface area contributed by atoms with Crippen molar-refractivity contribution in [3.63, 3.8) is 0 Å². The molecule has 0 bridgehead atoms. The maximum Gasteiger partial charge on any atom is 0.239 e. The van der Waals surface area contributed by atoms with Gasteiger partial charge in [0.05, 0.1) is 13.2 Å². The van der Waals surface area contributed by atoms with Crippen LogP contribution in [0.1, 0.15) is 0 Å². The third kappa shape index (κ3) is 5.61. The molecule has 2 unspecified atom stereocenters. The van der Waals surface area contributed by atoms with Crippen molar-refractivity contribution in [3.8, 4) is 40.1 Å². The second kappa shape index (κ2) is 12.3. The van der Waals surface area contributed by atoms with Gasteiger partial charge in [0.1, 0.15) is 71.3 Å². The van der Waals surface area contributed by atoms with Crippen LogP contribution < -0.4 is 14.9 Å². The fourth-order valence-electron chi connectivity index (χ4n) is 4.92. The molecule has 0 aliphatic carbocycles. The van der Waals surface area contributed by atoms with E-state index in [0.717, 1.165) is 24.3 Å². The molecule has 2 aromatic carbocycles. The Balaban J connectivity index is 1.54. The summed E-state index contributed by atoms with van der Waals surface area (Å²) < 4.78 is 27.4. The number of aliphatic hydroxyl groups is 8. The highest BCUT2D eigenvalue weighted by Gasteiger charge is 2.48. The first-order valence-corrected chi connectivity index (χ1v) is 13.2. The van der Waals surface area contributed by atoms with E-state index in [0.29, 0.717) is 0 Å². The molecule has 3 aromatic rings. The maximum absolute atomic E-state index is 13.6. The summed E-state index contributed by atoms with van der Waals surface area (Å²) in [5, 5.41) is 110. The quantitative estimate of drug-likeness (QED) is 0.118. The van der Waals surface area contributed by atoms with Crippen molar-refractivity contribution in [2.45, 2.75) is 61.4 Å². The SMILES string of the molecule is O=c1c(O[C@@H]2O[C@H](C(O)CO)[C@H](O)[C@H]2O)c(-c2ccc(OC3O[C@H](CO)[C@@H](O)[C@H](O)[C@H]3O)c(O)c2)oc2cc(O)cc(O)c12. The van der Waals surface area contributed by atoms with Gasteiger partial charge in [0.2, 0.25) is 23.8 Å². The Morgan fingerprint density at radius 1 is 0.795 bits per heavy atom. The number of benzene rings is 2. The summed E-state index contributed by atoms with van der Waals surface area (Å²) in [6.45, 7) is -1.56. The predicted octanol–water partition coefficient (Wildman–Crippen LogP) is -3.07. The van der Waals surface area contributed by atoms with Gasteiger partial charge in [-0.25, -0.2) is 0 Å². The van der Waals surface area contributed by atoms with Gasteiger partial charge in [0.15, 0.2) is 17.3 Å². The summed E-state index contributed by atoms with van der Waals surface area (Å²) in [7, 11) is 0. The lowest BCUT2D eigenvalue weighted by Gasteiger charge is -2.39. The van der Waals surface area contributed by atoms with Crippen molar-refractivity contribution in [1.82, 2.24) is 0 Å². The summed E-state index contributed by atoms with van der Waals surface area (Å²) >= 11 is 0. The van der Waals surface area contributed by atoms with Crippen LogP contribution in [0.3, 0.4) is 0 Å². The van der Waals surface area contributed by atoms with Gasteiger partial charge in [-0.2, -0.15) is 0 Å². The minimum absolute atomic E-state index is 0.0829. The molecule has 2 aliphatic heterocycles. The Hall–Kier alpha value is -3.75. The molecule has 0 spiro atoms. The van der Waals surface area contributed by atoms with Crippen molar-refractivity contribution < 1.29 is 79.5 Å². The molecule has 10 atom stereocenters. The van der Waals surface area contributed by atoms with Crippen LogP contribution in [-0.4, -0.2) is 131 Å². The molecule has 17 heteroatoms. The van der Waals surface area contributed by atoms with E-state index in [2.05, 4.69) is 0 Å². The van der Waals surface area contributed by atoms with Crippen molar-refractivity contribution in [2.75, 3.05) is 13.2 Å². The zero-order valence-corrected chi connectivity index (χ0v) is 22.4. The second-order valence-corrected chi connectivity index (χ2v) is 10.2. The standard InChI is InChI=1S/C27H30O17/c28-6-12(33)24-20(37)22(39)27(43-24)44-25-18(35)16-11(32)4-9(30)5-14(16)40-23(25)8-1-2-13(10(31)3-8)41-26-21(38)19(36)17(34)15(7-29)42-26/h1-5,12,15,17,19-22,24,26-34,36-39H,6-7H2/t12?,15-,17-,19+,20-,21-,22-,24-,26?,27+/m1/s1. The van der Waals surface area contributed by atoms with Crippen LogP contribution in [0, 0.1) is 0 Å². The minimum atomic E-state index is -1.83. The van der Waals surface area contributed by atoms with E-state index in [1.807, 2.05) is 0 Å². The van der Waals surface area contributed by atoms with Crippen LogP contribution in [0.4, 0.5) is 0 Å². The molecule has 2 saturated heterocycles. The topological polar surface area (TPSA) is 290 Å². The van der Waals surface area contributed by atoms with Crippen molar-refractivity contribution >= 4 is 11.0 Å². The number of hydrogen-bond donors (Lipinski definition) is 11. The molecular weight excluding hydrogens is 596 g/mol. The summed E-state index contributed by atoms with van der Waals surface area (Å²) in [6, 6.07) is 5.25. The van der Waals surface area contributed by atoms with Gasteiger partial charge in [-0.15, -0.1) is 0 Å². The molecular formula is C27H30O17. The van der Waals surface area contributed by atoms with E-state index in [1.165, 1.54) is 6.07 Å². The first kappa shape index (κ1) is 31.7. The van der Waals surface area contributed by atoms with Crippen molar-refractivity contribution in [2.24, 2.45) is 0 Å². The summed E-state index contributed by atoms with van der Waals surface area (Å²) in [6.07, 6.45) is -16.6. The van der Waals surface area contributed by atoms with Crippen LogP contribution in [0.5, 0.6) is 28.7 Å². The number of ether oxygens (including phenoxy) is 4. The number of hydrogen-bond acceptors (Lipinski definition) is 17. The molecule has 11 N–H and O–H groups in total. The predicted molar refractivity (Wildman–Crippen MR) is 142 cm³/mol. The Bertz CT molecular complexity index is 1560. The summed E-state index contributed by atoms with van der Waals surface area (Å²) in [5.41, 5.74) is -1.44. The van der Waals surface area contributed by atoms with Gasteiger partial charge in [-0.05, 0) is 18.2 Å². The Kier molecular flexibility index (Phi) is 8.87. The smallest absolute Gasteiger partial charge is 0.239 e. The molecule has 2 aliphatic rings. The Morgan fingerprint density at radius 2 is 1.48 bits per heavy atom. The monoisotopic (exact) mass is 626 g/mol. The second-order valence-electron chi connectivity index (χ2n) is 10.2. The zero-order chi connectivity index (χ0) is 32.0. The van der Waals surface area contributed by atoms with Crippen LogP contribution in [0.2, 0.25) is 0 Å². The third-order valence-electron chi connectivity index (χ3n) is 7.29. The number of phenolic OH excluding ortho intramolecular Hbond substituents is 3. The zero-order valence-electron chi connectivity index (χ0n) is 22.4. The van der Waals surface area contributed by atoms with E-state index in [1.54, 1.807) is 0 Å². The van der Waals surface area contributed by atoms with Crippen LogP contribution in [0.15, 0.2) is 39.5 Å². The highest BCUT2D eigenvalue weighted by Crippen LogP contribution is 2.40. The van der Waals surface area contributed by atoms with Gasteiger partial charge in [0.25, 0.3) is 0 Å². The first-order valence-electron chi connectivity index (χ1n) is 13.2. The lowest BCUT2D eigenvalue weighted by atomic mass is 9.99. The summed E-state index contributed by atoms with van der Waals surface area (Å²) in [5.74, 6) is -3.25. The lowest BCUT2D eigenvalue weighted by Crippen LogP contribution is -2.60. The number of aliphatic hydroxyl groups excluding tert-OH is 8. The number of aromatic hydroxyl groups is 3. The molecule has 240 valence electrons. The van der Waals surface area contributed by atoms with E-state index < -0.39 is 114 Å². The molecule has 1 aromatic heterocycles. The minimum Gasteiger partial charge on any atom is -0.508 e. The number of phenols is 3. The molecule has 5 rings (SSSR count). The summed E-state index contributed by atoms with van der Waals surface area (Å²) in [4.78, 5) is 13.6. The molecule has 3 heterocycles. The molecule has 44 heavy (non-hydrogen) atoms. The van der Waals surface area contributed by atoms with Crippen LogP contribution in [-0.2, 0) is 9.47 Å². The Morgan fingerprint density at radius 3 is 2.14 bits per heavy atom. The van der Waals surface area contributed by atoms with E-state index in [4.69, 9.17) is 23.4 Å². The number of fused-ring (bicyclic) bond motifs is 1. The average Bonchev–Trinajstić information content (AvgIpc) is 3.27.